The minimum Gasteiger partial charge on any atom is -0.465 e. The molecule has 1 atom stereocenters. The molecule has 0 radical (unpaired) electrons. The number of carbonyl (C=O) groups is 1. The van der Waals surface area contributed by atoms with E-state index in [4.69, 9.17) is 4.74 Å². The van der Waals surface area contributed by atoms with Crippen molar-refractivity contribution in [2.24, 2.45) is 11.8 Å². The number of hydrogen-bond donors (Lipinski definition) is 0. The Balaban J connectivity index is 3.77. The highest BCUT2D eigenvalue weighted by Gasteiger charge is 2.12. The third-order valence-electron chi connectivity index (χ3n) is 5.57. The van der Waals surface area contributed by atoms with Crippen LogP contribution in [-0.2, 0) is 9.53 Å². The van der Waals surface area contributed by atoms with Gasteiger partial charge in [0.15, 0.2) is 0 Å². The van der Waals surface area contributed by atoms with Crippen molar-refractivity contribution in [3.63, 3.8) is 0 Å². The molecule has 0 saturated carbocycles. The fourth-order valence-electron chi connectivity index (χ4n) is 3.65. The number of unbranched alkanes of at least 4 members (excludes halogenated alkanes) is 10. The van der Waals surface area contributed by atoms with E-state index < -0.39 is 0 Å². The molecule has 1 unspecified atom stereocenters. The standard InChI is InChI=1S/C25H50O2/c1-5-7-9-10-11-12-13-16-20-24(19-8-6-2)22-27-25(26)21-17-14-15-18-23(3)4/h23-24H,5-22H2,1-4H3. The van der Waals surface area contributed by atoms with Crippen molar-refractivity contribution >= 4 is 5.97 Å². The highest BCUT2D eigenvalue weighted by Crippen LogP contribution is 2.19. The molecule has 0 rings (SSSR count). The van der Waals surface area contributed by atoms with E-state index in [0.717, 1.165) is 18.8 Å². The summed E-state index contributed by atoms with van der Waals surface area (Å²) in [5, 5.41) is 0. The van der Waals surface area contributed by atoms with Gasteiger partial charge in [0.1, 0.15) is 0 Å². The van der Waals surface area contributed by atoms with Crippen LogP contribution in [0.1, 0.15) is 137 Å². The Hall–Kier alpha value is -0.530. The third kappa shape index (κ3) is 20.0. The van der Waals surface area contributed by atoms with Crippen molar-refractivity contribution in [2.75, 3.05) is 6.61 Å². The number of hydrogen-bond acceptors (Lipinski definition) is 2. The molecule has 0 bridgehead atoms. The van der Waals surface area contributed by atoms with Crippen molar-refractivity contribution in [3.8, 4) is 0 Å². The van der Waals surface area contributed by atoms with Crippen LogP contribution in [0.15, 0.2) is 0 Å². The highest BCUT2D eigenvalue weighted by atomic mass is 16.5. The lowest BCUT2D eigenvalue weighted by Crippen LogP contribution is -2.14. The number of ether oxygens (including phenoxy) is 1. The summed E-state index contributed by atoms with van der Waals surface area (Å²) in [5.74, 6) is 1.37. The number of carbonyl (C=O) groups excluding carboxylic acids is 1. The van der Waals surface area contributed by atoms with Crippen molar-refractivity contribution in [1.82, 2.24) is 0 Å². The Bertz CT molecular complexity index is 311. The average molecular weight is 383 g/mol. The molecular formula is C25H50O2. The van der Waals surface area contributed by atoms with Crippen LogP contribution in [0.5, 0.6) is 0 Å². The summed E-state index contributed by atoms with van der Waals surface area (Å²) in [4.78, 5) is 12.0. The minimum atomic E-state index is 0.0250. The maximum Gasteiger partial charge on any atom is 0.305 e. The van der Waals surface area contributed by atoms with Gasteiger partial charge in [-0.05, 0) is 31.1 Å². The molecule has 0 aliphatic carbocycles. The van der Waals surface area contributed by atoms with Gasteiger partial charge in [0.2, 0.25) is 0 Å². The van der Waals surface area contributed by atoms with Gasteiger partial charge >= 0.3 is 5.97 Å². The summed E-state index contributed by atoms with van der Waals surface area (Å²) in [6.07, 6.45) is 21.2. The molecule has 0 aliphatic rings. The molecular weight excluding hydrogens is 332 g/mol. The molecule has 2 heteroatoms. The Kier molecular flexibility index (Phi) is 19.8. The quantitative estimate of drug-likeness (QED) is 0.156. The summed E-state index contributed by atoms with van der Waals surface area (Å²) in [6.45, 7) is 9.70. The molecule has 0 aromatic carbocycles. The number of esters is 1. The minimum absolute atomic E-state index is 0.0250. The van der Waals surface area contributed by atoms with Gasteiger partial charge in [0, 0.05) is 6.42 Å². The fraction of sp³-hybridized carbons (Fsp3) is 0.960. The predicted molar refractivity (Wildman–Crippen MR) is 119 cm³/mol. The lowest BCUT2D eigenvalue weighted by atomic mass is 9.95. The largest absolute Gasteiger partial charge is 0.465 e. The first-order valence-corrected chi connectivity index (χ1v) is 12.3. The van der Waals surface area contributed by atoms with E-state index in [1.54, 1.807) is 0 Å². The normalized spacial score (nSPS) is 12.5. The summed E-state index contributed by atoms with van der Waals surface area (Å²) in [6, 6.07) is 0. The second kappa shape index (κ2) is 20.2. The predicted octanol–water partition coefficient (Wildman–Crippen LogP) is 8.47. The Labute approximate surface area is 171 Å². The third-order valence-corrected chi connectivity index (χ3v) is 5.57. The summed E-state index contributed by atoms with van der Waals surface area (Å²) in [5.41, 5.74) is 0. The average Bonchev–Trinajstić information content (AvgIpc) is 2.64. The highest BCUT2D eigenvalue weighted by molar-refractivity contribution is 5.69. The molecule has 0 aromatic rings. The van der Waals surface area contributed by atoms with E-state index in [9.17, 15) is 4.79 Å². The van der Waals surface area contributed by atoms with Crippen LogP contribution < -0.4 is 0 Å². The van der Waals surface area contributed by atoms with Crippen LogP contribution in [0.25, 0.3) is 0 Å². The second-order valence-electron chi connectivity index (χ2n) is 8.95. The molecule has 27 heavy (non-hydrogen) atoms. The zero-order valence-electron chi connectivity index (χ0n) is 19.2. The van der Waals surface area contributed by atoms with Gasteiger partial charge in [-0.1, -0.05) is 111 Å². The lowest BCUT2D eigenvalue weighted by Gasteiger charge is -2.17. The molecule has 0 N–H and O–H groups in total. The van der Waals surface area contributed by atoms with Crippen molar-refractivity contribution in [2.45, 2.75) is 137 Å². The summed E-state index contributed by atoms with van der Waals surface area (Å²) < 4.78 is 5.61. The van der Waals surface area contributed by atoms with E-state index in [1.807, 2.05) is 0 Å². The Morgan fingerprint density at radius 2 is 1.19 bits per heavy atom. The van der Waals surface area contributed by atoms with Crippen LogP contribution in [0.2, 0.25) is 0 Å². The van der Waals surface area contributed by atoms with E-state index in [2.05, 4.69) is 27.7 Å². The molecule has 0 spiro atoms. The lowest BCUT2D eigenvalue weighted by molar-refractivity contribution is -0.145. The van der Waals surface area contributed by atoms with E-state index >= 15 is 0 Å². The van der Waals surface area contributed by atoms with E-state index in [-0.39, 0.29) is 5.97 Å². The first-order chi connectivity index (χ1) is 13.1. The first kappa shape index (κ1) is 26.5. The Morgan fingerprint density at radius 1 is 0.667 bits per heavy atom. The van der Waals surface area contributed by atoms with Gasteiger partial charge in [-0.3, -0.25) is 4.79 Å². The van der Waals surface area contributed by atoms with Gasteiger partial charge in [-0.15, -0.1) is 0 Å². The van der Waals surface area contributed by atoms with Crippen molar-refractivity contribution in [3.05, 3.63) is 0 Å². The van der Waals surface area contributed by atoms with Crippen LogP contribution >= 0.6 is 0 Å². The monoisotopic (exact) mass is 382 g/mol. The number of rotatable bonds is 20. The maximum atomic E-state index is 12.0. The van der Waals surface area contributed by atoms with Gasteiger partial charge in [0.05, 0.1) is 6.61 Å². The smallest absolute Gasteiger partial charge is 0.305 e. The SMILES string of the molecule is CCCCCCCCCCC(CCCC)COC(=O)CCCCCC(C)C. The van der Waals surface area contributed by atoms with Crippen LogP contribution in [-0.4, -0.2) is 12.6 Å². The van der Waals surface area contributed by atoms with Gasteiger partial charge in [-0.2, -0.15) is 0 Å². The topological polar surface area (TPSA) is 26.3 Å². The van der Waals surface area contributed by atoms with Crippen LogP contribution in [0.4, 0.5) is 0 Å². The zero-order valence-corrected chi connectivity index (χ0v) is 19.2. The van der Waals surface area contributed by atoms with Crippen molar-refractivity contribution in [1.29, 1.82) is 0 Å². The first-order valence-electron chi connectivity index (χ1n) is 12.3. The maximum absolute atomic E-state index is 12.0. The van der Waals surface area contributed by atoms with Crippen LogP contribution in [0, 0.1) is 11.8 Å². The molecule has 2 nitrogen and oxygen atoms in total. The molecule has 0 fully saturated rings. The molecule has 0 aliphatic heterocycles. The van der Waals surface area contributed by atoms with Crippen molar-refractivity contribution < 1.29 is 9.53 Å². The molecule has 0 amide bonds. The fourth-order valence-corrected chi connectivity index (χ4v) is 3.65. The summed E-state index contributed by atoms with van der Waals surface area (Å²) >= 11 is 0. The van der Waals surface area contributed by atoms with Gasteiger partial charge in [-0.25, -0.2) is 0 Å². The molecule has 162 valence electrons. The van der Waals surface area contributed by atoms with E-state index in [1.165, 1.54) is 89.9 Å². The van der Waals surface area contributed by atoms with Gasteiger partial charge in [0.25, 0.3) is 0 Å². The van der Waals surface area contributed by atoms with Crippen LogP contribution in [0.3, 0.4) is 0 Å². The molecule has 0 aromatic heterocycles. The molecule has 0 saturated heterocycles. The van der Waals surface area contributed by atoms with Gasteiger partial charge < -0.3 is 4.74 Å². The second-order valence-corrected chi connectivity index (χ2v) is 8.95. The zero-order chi connectivity index (χ0) is 20.2. The van der Waals surface area contributed by atoms with E-state index in [0.29, 0.717) is 18.9 Å². The summed E-state index contributed by atoms with van der Waals surface area (Å²) in [7, 11) is 0. The Morgan fingerprint density at radius 3 is 1.81 bits per heavy atom. The molecule has 0 heterocycles.